The summed E-state index contributed by atoms with van der Waals surface area (Å²) in [5.74, 6) is -0.812. The fraction of sp³-hybridized carbons (Fsp3) is 0.571. The molecule has 11 heteroatoms. The molecular weight excluding hydrogens is 434 g/mol. The summed E-state index contributed by atoms with van der Waals surface area (Å²) in [6.45, 7) is 6.70. The molecule has 1 unspecified atom stereocenters. The van der Waals surface area contributed by atoms with Crippen LogP contribution in [0.2, 0.25) is 0 Å². The van der Waals surface area contributed by atoms with Gasteiger partial charge in [-0.05, 0) is 33.6 Å². The first-order valence-electron chi connectivity index (χ1n) is 10.5. The van der Waals surface area contributed by atoms with Crippen LogP contribution < -0.4 is 5.32 Å². The summed E-state index contributed by atoms with van der Waals surface area (Å²) in [6, 6.07) is -0.852. The Bertz CT molecular complexity index is 929. The van der Waals surface area contributed by atoms with E-state index in [-0.39, 0.29) is 24.1 Å². The first-order chi connectivity index (χ1) is 15.2. The number of thiazole rings is 1. The van der Waals surface area contributed by atoms with Crippen molar-refractivity contribution in [3.63, 3.8) is 0 Å². The molecule has 1 aliphatic rings. The van der Waals surface area contributed by atoms with Crippen molar-refractivity contribution in [3.8, 4) is 0 Å². The molecule has 0 aliphatic carbocycles. The van der Waals surface area contributed by atoms with Crippen molar-refractivity contribution in [2.45, 2.75) is 57.6 Å². The van der Waals surface area contributed by atoms with Gasteiger partial charge in [-0.2, -0.15) is 0 Å². The van der Waals surface area contributed by atoms with Crippen LogP contribution in [-0.2, 0) is 20.7 Å². The summed E-state index contributed by atoms with van der Waals surface area (Å²) in [5, 5.41) is 5.23. The molecule has 0 spiro atoms. The molecule has 3 rings (SSSR count). The second-order valence-electron chi connectivity index (χ2n) is 8.64. The standard InChI is InChI=1S/C21H29N5O5S/c1-21(2,3)31-20(29)26-7-5-13(6-8-26)18-25-16(11-32-18)17(27)24-15(19(28)30-4)9-14-10-22-12-23-14/h10-13,15H,5-9H2,1-4H3,(H,22,23)(H,24,27). The van der Waals surface area contributed by atoms with Gasteiger partial charge < -0.3 is 24.7 Å². The van der Waals surface area contributed by atoms with Crippen LogP contribution in [0, 0.1) is 0 Å². The van der Waals surface area contributed by atoms with Gasteiger partial charge in [0.15, 0.2) is 0 Å². The van der Waals surface area contributed by atoms with Gasteiger partial charge in [0.25, 0.3) is 5.91 Å². The van der Waals surface area contributed by atoms with Crippen molar-refractivity contribution in [3.05, 3.63) is 34.3 Å². The molecule has 0 bridgehead atoms. The van der Waals surface area contributed by atoms with E-state index in [2.05, 4.69) is 20.3 Å². The smallest absolute Gasteiger partial charge is 0.410 e. The maximum atomic E-state index is 12.7. The van der Waals surface area contributed by atoms with E-state index in [4.69, 9.17) is 9.47 Å². The Morgan fingerprint density at radius 1 is 1.31 bits per heavy atom. The molecule has 2 aromatic rings. The number of carbonyl (C=O) groups is 3. The van der Waals surface area contributed by atoms with Crippen LogP contribution in [0.25, 0.3) is 0 Å². The predicted octanol–water partition coefficient (Wildman–Crippen LogP) is 2.49. The predicted molar refractivity (Wildman–Crippen MR) is 117 cm³/mol. The van der Waals surface area contributed by atoms with E-state index in [9.17, 15) is 14.4 Å². The molecule has 2 N–H and O–H groups in total. The molecule has 174 valence electrons. The van der Waals surface area contributed by atoms with Crippen LogP contribution in [0.5, 0.6) is 0 Å². The van der Waals surface area contributed by atoms with Gasteiger partial charge >= 0.3 is 12.1 Å². The molecule has 3 heterocycles. The number of ether oxygens (including phenoxy) is 2. The van der Waals surface area contributed by atoms with E-state index in [1.807, 2.05) is 20.8 Å². The third-order valence-electron chi connectivity index (χ3n) is 5.02. The molecule has 32 heavy (non-hydrogen) atoms. The lowest BCUT2D eigenvalue weighted by Crippen LogP contribution is -2.43. The van der Waals surface area contributed by atoms with Crippen molar-refractivity contribution >= 4 is 29.3 Å². The number of hydrogen-bond donors (Lipinski definition) is 2. The van der Waals surface area contributed by atoms with E-state index in [1.165, 1.54) is 24.8 Å². The van der Waals surface area contributed by atoms with E-state index < -0.39 is 23.5 Å². The zero-order valence-corrected chi connectivity index (χ0v) is 19.5. The molecule has 1 aliphatic heterocycles. The van der Waals surface area contributed by atoms with Gasteiger partial charge in [-0.3, -0.25) is 4.79 Å². The Kier molecular flexibility index (Phi) is 7.49. The molecule has 2 aromatic heterocycles. The Hall–Kier alpha value is -2.95. The number of nitrogens with zero attached hydrogens (tertiary/aromatic N) is 3. The first kappa shape index (κ1) is 23.7. The van der Waals surface area contributed by atoms with Gasteiger partial charge in [-0.1, -0.05) is 0 Å². The lowest BCUT2D eigenvalue weighted by Gasteiger charge is -2.32. The number of nitrogens with one attached hydrogen (secondary N) is 2. The normalized spacial score (nSPS) is 15.8. The summed E-state index contributed by atoms with van der Waals surface area (Å²) in [4.78, 5) is 50.1. The zero-order chi connectivity index (χ0) is 23.3. The number of imidazole rings is 1. The number of esters is 1. The second-order valence-corrected chi connectivity index (χ2v) is 9.53. The fourth-order valence-corrected chi connectivity index (χ4v) is 4.37. The van der Waals surface area contributed by atoms with Gasteiger partial charge in [0.2, 0.25) is 0 Å². The number of aromatic nitrogens is 3. The number of aromatic amines is 1. The summed E-state index contributed by atoms with van der Waals surface area (Å²) in [6.07, 6.45) is 4.52. The Balaban J connectivity index is 1.57. The molecule has 1 fully saturated rings. The molecule has 0 aromatic carbocycles. The lowest BCUT2D eigenvalue weighted by atomic mass is 9.98. The summed E-state index contributed by atoms with van der Waals surface area (Å²) in [7, 11) is 1.28. The number of carbonyl (C=O) groups excluding carboxylic acids is 3. The molecule has 10 nitrogen and oxygen atoms in total. The average Bonchev–Trinajstić information content (AvgIpc) is 3.44. The Labute approximate surface area is 190 Å². The summed E-state index contributed by atoms with van der Waals surface area (Å²) < 4.78 is 10.2. The number of amides is 2. The third-order valence-corrected chi connectivity index (χ3v) is 6.03. The Morgan fingerprint density at radius 3 is 2.62 bits per heavy atom. The maximum absolute atomic E-state index is 12.7. The van der Waals surface area contributed by atoms with Crippen molar-refractivity contribution in [1.82, 2.24) is 25.2 Å². The summed E-state index contributed by atoms with van der Waals surface area (Å²) >= 11 is 1.41. The van der Waals surface area contributed by atoms with Crippen LogP contribution in [-0.4, -0.2) is 69.7 Å². The zero-order valence-electron chi connectivity index (χ0n) is 18.7. The van der Waals surface area contributed by atoms with Gasteiger partial charge in [-0.25, -0.2) is 19.6 Å². The van der Waals surface area contributed by atoms with Crippen LogP contribution >= 0.6 is 11.3 Å². The number of hydrogen-bond acceptors (Lipinski definition) is 8. The minimum Gasteiger partial charge on any atom is -0.467 e. The van der Waals surface area contributed by atoms with Crippen LogP contribution in [0.4, 0.5) is 4.79 Å². The SMILES string of the molecule is COC(=O)C(Cc1cnc[nH]1)NC(=O)c1csc(C2CCN(C(=O)OC(C)(C)C)CC2)n1. The molecular formula is C21H29N5O5S. The largest absolute Gasteiger partial charge is 0.467 e. The number of rotatable bonds is 6. The number of methoxy groups -OCH3 is 1. The van der Waals surface area contributed by atoms with Crippen molar-refractivity contribution in [2.24, 2.45) is 0 Å². The highest BCUT2D eigenvalue weighted by Crippen LogP contribution is 2.31. The second kappa shape index (κ2) is 10.1. The van der Waals surface area contributed by atoms with E-state index in [0.717, 1.165) is 17.8 Å². The van der Waals surface area contributed by atoms with Crippen molar-refractivity contribution < 1.29 is 23.9 Å². The molecule has 1 saturated heterocycles. The highest BCUT2D eigenvalue weighted by Gasteiger charge is 2.30. The lowest BCUT2D eigenvalue weighted by molar-refractivity contribution is -0.142. The average molecular weight is 464 g/mol. The van der Waals surface area contributed by atoms with Gasteiger partial charge in [0.05, 0.1) is 18.4 Å². The number of likely N-dealkylation sites (tertiary alicyclic amines) is 1. The van der Waals surface area contributed by atoms with Gasteiger partial charge in [-0.15, -0.1) is 11.3 Å². The van der Waals surface area contributed by atoms with Gasteiger partial charge in [0, 0.05) is 42.7 Å². The minimum absolute atomic E-state index is 0.168. The Morgan fingerprint density at radius 2 is 2.03 bits per heavy atom. The van der Waals surface area contributed by atoms with E-state index in [1.54, 1.807) is 16.5 Å². The number of piperidine rings is 1. The monoisotopic (exact) mass is 463 g/mol. The van der Waals surface area contributed by atoms with E-state index >= 15 is 0 Å². The molecule has 1 atom stereocenters. The molecule has 0 saturated carbocycles. The maximum Gasteiger partial charge on any atom is 0.410 e. The number of H-pyrrole nitrogens is 1. The summed E-state index contributed by atoms with van der Waals surface area (Å²) in [5.41, 5.74) is 0.444. The highest BCUT2D eigenvalue weighted by atomic mass is 32.1. The van der Waals surface area contributed by atoms with Crippen LogP contribution in [0.1, 0.15) is 60.7 Å². The van der Waals surface area contributed by atoms with E-state index in [0.29, 0.717) is 18.8 Å². The highest BCUT2D eigenvalue weighted by molar-refractivity contribution is 7.09. The third kappa shape index (κ3) is 6.28. The van der Waals surface area contributed by atoms with Gasteiger partial charge in [0.1, 0.15) is 17.3 Å². The molecule has 0 radical (unpaired) electrons. The quantitative estimate of drug-likeness (QED) is 0.630. The first-order valence-corrected chi connectivity index (χ1v) is 11.3. The minimum atomic E-state index is -0.852. The van der Waals surface area contributed by atoms with Crippen molar-refractivity contribution in [1.29, 1.82) is 0 Å². The van der Waals surface area contributed by atoms with Crippen molar-refractivity contribution in [2.75, 3.05) is 20.2 Å². The molecule has 2 amide bonds. The van der Waals surface area contributed by atoms with Crippen LogP contribution in [0.15, 0.2) is 17.9 Å². The fourth-order valence-electron chi connectivity index (χ4n) is 3.40. The topological polar surface area (TPSA) is 127 Å². The van der Waals surface area contributed by atoms with Crippen LogP contribution in [0.3, 0.4) is 0 Å².